The third-order valence-electron chi connectivity index (χ3n) is 3.02. The van der Waals surface area contributed by atoms with Crippen molar-refractivity contribution in [3.63, 3.8) is 0 Å². The van der Waals surface area contributed by atoms with Crippen LogP contribution in [0.1, 0.15) is 30.4 Å². The first-order chi connectivity index (χ1) is 7.42. The fourth-order valence-corrected chi connectivity index (χ4v) is 2.24. The number of hydrogen-bond acceptors (Lipinski definition) is 1. The maximum Gasteiger partial charge on any atom is 0.0911 e. The molecular formula is C13H18FN. The van der Waals surface area contributed by atoms with Crippen LogP contribution in [0.5, 0.6) is 0 Å². The van der Waals surface area contributed by atoms with Crippen molar-refractivity contribution in [2.45, 2.75) is 32.1 Å². The zero-order chi connectivity index (χ0) is 10.5. The van der Waals surface area contributed by atoms with Crippen molar-refractivity contribution in [1.82, 2.24) is 0 Å². The van der Waals surface area contributed by atoms with Crippen molar-refractivity contribution in [3.05, 3.63) is 29.3 Å². The zero-order valence-corrected chi connectivity index (χ0v) is 9.06. The molecule has 1 N–H and O–H groups in total. The molecule has 0 saturated carbocycles. The third-order valence-corrected chi connectivity index (χ3v) is 3.02. The largest absolute Gasteiger partial charge is 0.385 e. The maximum absolute atomic E-state index is 12.0. The van der Waals surface area contributed by atoms with Crippen molar-refractivity contribution in [1.29, 1.82) is 0 Å². The van der Waals surface area contributed by atoms with E-state index in [1.165, 1.54) is 42.5 Å². The summed E-state index contributed by atoms with van der Waals surface area (Å²) in [4.78, 5) is 0. The Balaban J connectivity index is 2.09. The van der Waals surface area contributed by atoms with Crippen LogP contribution in [0.25, 0.3) is 0 Å². The lowest BCUT2D eigenvalue weighted by Crippen LogP contribution is -2.09. The minimum absolute atomic E-state index is 0.234. The molecule has 0 bridgehead atoms. The summed E-state index contributed by atoms with van der Waals surface area (Å²) in [6.07, 6.45) is 5.57. The summed E-state index contributed by atoms with van der Waals surface area (Å²) in [5.74, 6) is 0. The Morgan fingerprint density at radius 2 is 2.07 bits per heavy atom. The number of anilines is 1. The van der Waals surface area contributed by atoms with Crippen LogP contribution in [0.4, 0.5) is 10.1 Å². The lowest BCUT2D eigenvalue weighted by Gasteiger charge is -2.19. The number of fused-ring (bicyclic) bond motifs is 1. The van der Waals surface area contributed by atoms with Gasteiger partial charge in [0.2, 0.25) is 0 Å². The molecule has 2 heteroatoms. The number of alkyl halides is 1. The van der Waals surface area contributed by atoms with Crippen LogP contribution in [0.15, 0.2) is 18.2 Å². The summed E-state index contributed by atoms with van der Waals surface area (Å²) in [6.45, 7) is 0.509. The highest BCUT2D eigenvalue weighted by Gasteiger charge is 2.11. The van der Waals surface area contributed by atoms with Crippen molar-refractivity contribution in [2.75, 3.05) is 18.5 Å². The van der Waals surface area contributed by atoms with Gasteiger partial charge < -0.3 is 5.32 Å². The Labute approximate surface area is 90.7 Å². The summed E-state index contributed by atoms with van der Waals surface area (Å²) >= 11 is 0. The Morgan fingerprint density at radius 1 is 1.20 bits per heavy atom. The van der Waals surface area contributed by atoms with Crippen molar-refractivity contribution >= 4 is 5.69 Å². The van der Waals surface area contributed by atoms with Gasteiger partial charge in [0.25, 0.3) is 0 Å². The molecule has 1 aliphatic carbocycles. The Morgan fingerprint density at radius 3 is 2.93 bits per heavy atom. The summed E-state index contributed by atoms with van der Waals surface area (Å²) in [7, 11) is 0. The first-order valence-corrected chi connectivity index (χ1v) is 5.82. The van der Waals surface area contributed by atoms with Crippen LogP contribution in [0.2, 0.25) is 0 Å². The van der Waals surface area contributed by atoms with Gasteiger partial charge in [-0.25, -0.2) is 0 Å². The van der Waals surface area contributed by atoms with Crippen LogP contribution in [0.3, 0.4) is 0 Å². The second-order valence-electron chi connectivity index (χ2n) is 4.12. The van der Waals surface area contributed by atoms with E-state index in [1.807, 2.05) is 0 Å². The highest BCUT2D eigenvalue weighted by Crippen LogP contribution is 2.27. The van der Waals surface area contributed by atoms with E-state index < -0.39 is 0 Å². The molecule has 15 heavy (non-hydrogen) atoms. The smallest absolute Gasteiger partial charge is 0.0911 e. The molecule has 0 radical (unpaired) electrons. The molecule has 82 valence electrons. The normalized spacial score (nSPS) is 14.7. The molecule has 0 aromatic heterocycles. The predicted octanol–water partition coefficient (Wildman–Crippen LogP) is 3.34. The van der Waals surface area contributed by atoms with E-state index in [-0.39, 0.29) is 6.67 Å². The first kappa shape index (κ1) is 10.5. The Hall–Kier alpha value is -1.05. The fraction of sp³-hybridized carbons (Fsp3) is 0.538. The second-order valence-corrected chi connectivity index (χ2v) is 4.12. The van der Waals surface area contributed by atoms with Crippen molar-refractivity contribution in [3.8, 4) is 0 Å². The van der Waals surface area contributed by atoms with Gasteiger partial charge in [0.1, 0.15) is 0 Å². The SMILES string of the molecule is FCCCNc1cccc2c1CCCC2. The minimum Gasteiger partial charge on any atom is -0.385 e. The topological polar surface area (TPSA) is 12.0 Å². The standard InChI is InChI=1S/C13H18FN/c14-9-4-10-15-13-8-3-6-11-5-1-2-7-12(11)13/h3,6,8,15H,1-2,4-5,7,9-10H2. The van der Waals surface area contributed by atoms with E-state index in [2.05, 4.69) is 23.5 Å². The molecule has 0 aliphatic heterocycles. The molecule has 0 fully saturated rings. The second kappa shape index (κ2) is 5.15. The van der Waals surface area contributed by atoms with Gasteiger partial charge in [0.15, 0.2) is 0 Å². The van der Waals surface area contributed by atoms with Gasteiger partial charge in [-0.3, -0.25) is 4.39 Å². The molecule has 0 spiro atoms. The van der Waals surface area contributed by atoms with E-state index in [4.69, 9.17) is 0 Å². The highest BCUT2D eigenvalue weighted by molar-refractivity contribution is 5.55. The summed E-state index contributed by atoms with van der Waals surface area (Å²) in [5.41, 5.74) is 4.16. The third kappa shape index (κ3) is 2.49. The van der Waals surface area contributed by atoms with Crippen LogP contribution in [-0.4, -0.2) is 13.2 Å². The van der Waals surface area contributed by atoms with Crippen LogP contribution in [0, 0.1) is 0 Å². The van der Waals surface area contributed by atoms with Crippen molar-refractivity contribution in [2.24, 2.45) is 0 Å². The number of rotatable bonds is 4. The van der Waals surface area contributed by atoms with Crippen LogP contribution < -0.4 is 5.32 Å². The lowest BCUT2D eigenvalue weighted by atomic mass is 9.90. The molecule has 0 heterocycles. The fourth-order valence-electron chi connectivity index (χ4n) is 2.24. The molecule has 0 unspecified atom stereocenters. The number of aryl methyl sites for hydroxylation is 1. The van der Waals surface area contributed by atoms with E-state index in [1.54, 1.807) is 0 Å². The van der Waals surface area contributed by atoms with Gasteiger partial charge in [-0.1, -0.05) is 12.1 Å². The van der Waals surface area contributed by atoms with Crippen molar-refractivity contribution < 1.29 is 4.39 Å². The molecular weight excluding hydrogens is 189 g/mol. The molecule has 0 saturated heterocycles. The number of nitrogens with one attached hydrogen (secondary N) is 1. The van der Waals surface area contributed by atoms with E-state index in [0.29, 0.717) is 6.42 Å². The quantitative estimate of drug-likeness (QED) is 0.747. The average molecular weight is 207 g/mol. The molecule has 1 aromatic carbocycles. The van der Waals surface area contributed by atoms with Gasteiger partial charge in [0.05, 0.1) is 6.67 Å². The highest BCUT2D eigenvalue weighted by atomic mass is 19.1. The maximum atomic E-state index is 12.0. The zero-order valence-electron chi connectivity index (χ0n) is 9.06. The van der Waals surface area contributed by atoms with Crippen LogP contribution in [-0.2, 0) is 12.8 Å². The van der Waals surface area contributed by atoms with Gasteiger partial charge >= 0.3 is 0 Å². The number of benzene rings is 1. The first-order valence-electron chi connectivity index (χ1n) is 5.82. The lowest BCUT2D eigenvalue weighted by molar-refractivity contribution is 0.481. The van der Waals surface area contributed by atoms with Gasteiger partial charge in [-0.2, -0.15) is 0 Å². The van der Waals surface area contributed by atoms with E-state index in [0.717, 1.165) is 6.54 Å². The molecule has 1 nitrogen and oxygen atoms in total. The Kier molecular flexibility index (Phi) is 3.59. The average Bonchev–Trinajstić information content (AvgIpc) is 2.30. The summed E-state index contributed by atoms with van der Waals surface area (Å²) in [5, 5.41) is 3.33. The van der Waals surface area contributed by atoms with Gasteiger partial charge in [0, 0.05) is 12.2 Å². The van der Waals surface area contributed by atoms with E-state index >= 15 is 0 Å². The number of hydrogen-bond donors (Lipinski definition) is 1. The van der Waals surface area contributed by atoms with Gasteiger partial charge in [-0.15, -0.1) is 0 Å². The summed E-state index contributed by atoms with van der Waals surface area (Å²) < 4.78 is 12.0. The number of halogens is 1. The molecule has 1 aliphatic rings. The monoisotopic (exact) mass is 207 g/mol. The molecule has 2 rings (SSSR count). The minimum atomic E-state index is -0.234. The Bertz CT molecular complexity index is 322. The molecule has 1 aromatic rings. The van der Waals surface area contributed by atoms with Crippen LogP contribution >= 0.6 is 0 Å². The molecule has 0 atom stereocenters. The van der Waals surface area contributed by atoms with E-state index in [9.17, 15) is 4.39 Å². The predicted molar refractivity (Wildman–Crippen MR) is 62.2 cm³/mol. The van der Waals surface area contributed by atoms with Gasteiger partial charge in [-0.05, 0) is 49.3 Å². The molecule has 0 amide bonds. The summed E-state index contributed by atoms with van der Waals surface area (Å²) in [6, 6.07) is 6.43.